The van der Waals surface area contributed by atoms with E-state index in [4.69, 9.17) is 34.8 Å². The van der Waals surface area contributed by atoms with Crippen molar-refractivity contribution in [3.8, 4) is 0 Å². The summed E-state index contributed by atoms with van der Waals surface area (Å²) in [6.45, 7) is 0. The molecule has 0 bridgehead atoms. The average molecular weight is 454 g/mol. The lowest BCUT2D eigenvalue weighted by Gasteiger charge is -2.33. The predicted molar refractivity (Wildman–Crippen MR) is 119 cm³/mol. The number of benzene rings is 2. The Balaban J connectivity index is 2.01. The van der Waals surface area contributed by atoms with Crippen LogP contribution in [0.1, 0.15) is 43.7 Å². The summed E-state index contributed by atoms with van der Waals surface area (Å²) in [5.74, 6) is -0.877. The Morgan fingerprint density at radius 2 is 1.69 bits per heavy atom. The summed E-state index contributed by atoms with van der Waals surface area (Å²) in [6.07, 6.45) is 5.26. The fourth-order valence-electron chi connectivity index (χ4n) is 3.72. The second kappa shape index (κ2) is 10.3. The van der Waals surface area contributed by atoms with Gasteiger partial charge in [0.2, 0.25) is 11.8 Å². The Bertz CT molecular complexity index is 851. The molecule has 1 fully saturated rings. The Kier molecular flexibility index (Phi) is 7.82. The molecule has 0 radical (unpaired) electrons. The van der Waals surface area contributed by atoms with Gasteiger partial charge in [-0.05, 0) is 48.7 Å². The van der Waals surface area contributed by atoms with Gasteiger partial charge in [0.15, 0.2) is 0 Å². The van der Waals surface area contributed by atoms with E-state index in [9.17, 15) is 9.59 Å². The third kappa shape index (κ3) is 5.65. The van der Waals surface area contributed by atoms with Crippen LogP contribution in [-0.2, 0) is 9.59 Å². The van der Waals surface area contributed by atoms with Gasteiger partial charge in [0.05, 0.1) is 0 Å². The quantitative estimate of drug-likeness (QED) is 0.566. The number of carbonyl (C=O) groups excluding carboxylic acids is 2. The summed E-state index contributed by atoms with van der Waals surface area (Å²) in [6, 6.07) is 13.0. The van der Waals surface area contributed by atoms with Crippen molar-refractivity contribution in [1.82, 2.24) is 5.32 Å². The number of anilines is 1. The number of alkyl halides is 1. The molecule has 0 aliphatic heterocycles. The third-order valence-electron chi connectivity index (χ3n) is 5.11. The molecule has 2 amide bonds. The van der Waals surface area contributed by atoms with Gasteiger partial charge in [-0.15, -0.1) is 11.6 Å². The van der Waals surface area contributed by atoms with Gasteiger partial charge in [-0.25, -0.2) is 0 Å². The first kappa shape index (κ1) is 21.9. The number of nitrogens with zero attached hydrogens (tertiary/aromatic N) is 1. The van der Waals surface area contributed by atoms with E-state index in [-0.39, 0.29) is 23.7 Å². The monoisotopic (exact) mass is 452 g/mol. The lowest BCUT2D eigenvalue weighted by atomic mass is 9.94. The first-order chi connectivity index (χ1) is 14.0. The van der Waals surface area contributed by atoms with Crippen LogP contribution in [0.3, 0.4) is 0 Å². The first-order valence-corrected chi connectivity index (χ1v) is 11.0. The summed E-state index contributed by atoms with van der Waals surface area (Å²) < 4.78 is 0. The van der Waals surface area contributed by atoms with E-state index in [1.54, 1.807) is 48.5 Å². The number of rotatable bonds is 6. The van der Waals surface area contributed by atoms with Gasteiger partial charge in [-0.3, -0.25) is 14.5 Å². The van der Waals surface area contributed by atoms with Gasteiger partial charge in [0.1, 0.15) is 11.9 Å². The molecule has 7 heteroatoms. The highest BCUT2D eigenvalue weighted by Gasteiger charge is 2.33. The number of hydrogen-bond acceptors (Lipinski definition) is 2. The SMILES string of the molecule is O=C(NC1CCCCC1)[C@H](c1ccc(Cl)cc1)N(C(=O)CCl)c1cccc(Cl)c1. The minimum absolute atomic E-state index is 0.110. The van der Waals surface area contributed by atoms with Crippen LogP contribution >= 0.6 is 34.8 Å². The van der Waals surface area contributed by atoms with Crippen LogP contribution in [0, 0.1) is 0 Å². The zero-order valence-corrected chi connectivity index (χ0v) is 18.2. The minimum Gasteiger partial charge on any atom is -0.351 e. The van der Waals surface area contributed by atoms with Gasteiger partial charge in [-0.1, -0.05) is 60.7 Å². The van der Waals surface area contributed by atoms with Crippen molar-refractivity contribution in [2.75, 3.05) is 10.8 Å². The van der Waals surface area contributed by atoms with E-state index in [2.05, 4.69) is 5.32 Å². The highest BCUT2D eigenvalue weighted by Crippen LogP contribution is 2.31. The Labute approximate surface area is 186 Å². The van der Waals surface area contributed by atoms with Gasteiger partial charge in [0, 0.05) is 21.8 Å². The maximum Gasteiger partial charge on any atom is 0.248 e. The standard InChI is InChI=1S/C22H23Cl3N2O2/c23-14-20(28)27(19-8-4-5-17(25)13-19)21(15-9-11-16(24)12-10-15)22(29)26-18-6-2-1-3-7-18/h4-5,8-13,18,21H,1-3,6-7,14H2,(H,26,29)/t21-/m0/s1. The zero-order chi connectivity index (χ0) is 20.8. The molecule has 0 aromatic heterocycles. The maximum atomic E-state index is 13.4. The van der Waals surface area contributed by atoms with E-state index in [0.29, 0.717) is 21.3 Å². The van der Waals surface area contributed by atoms with Crippen LogP contribution in [-0.4, -0.2) is 23.7 Å². The summed E-state index contributed by atoms with van der Waals surface area (Å²) in [7, 11) is 0. The molecule has 3 rings (SSSR count). The van der Waals surface area contributed by atoms with Crippen LogP contribution in [0.4, 0.5) is 5.69 Å². The molecule has 1 saturated carbocycles. The second-order valence-corrected chi connectivity index (χ2v) is 8.31. The molecule has 0 spiro atoms. The van der Waals surface area contributed by atoms with Crippen LogP contribution < -0.4 is 10.2 Å². The average Bonchev–Trinajstić information content (AvgIpc) is 2.73. The van der Waals surface area contributed by atoms with E-state index in [1.807, 2.05) is 0 Å². The molecule has 1 aliphatic rings. The van der Waals surface area contributed by atoms with Crippen molar-refractivity contribution in [2.45, 2.75) is 44.2 Å². The highest BCUT2D eigenvalue weighted by atomic mass is 35.5. The number of hydrogen-bond donors (Lipinski definition) is 1. The number of nitrogens with one attached hydrogen (secondary N) is 1. The lowest BCUT2D eigenvalue weighted by molar-refractivity contribution is -0.126. The first-order valence-electron chi connectivity index (χ1n) is 9.69. The topological polar surface area (TPSA) is 49.4 Å². The molecular formula is C22H23Cl3N2O2. The molecule has 4 nitrogen and oxygen atoms in total. The van der Waals surface area contributed by atoms with Crippen molar-refractivity contribution in [3.63, 3.8) is 0 Å². The zero-order valence-electron chi connectivity index (χ0n) is 15.9. The summed E-state index contributed by atoms with van der Waals surface area (Å²) in [5.41, 5.74) is 1.17. The molecule has 0 unspecified atom stereocenters. The molecule has 29 heavy (non-hydrogen) atoms. The molecule has 1 atom stereocenters. The van der Waals surface area contributed by atoms with Crippen molar-refractivity contribution in [3.05, 3.63) is 64.1 Å². The van der Waals surface area contributed by atoms with Crippen molar-refractivity contribution in [1.29, 1.82) is 0 Å². The van der Waals surface area contributed by atoms with Gasteiger partial charge in [-0.2, -0.15) is 0 Å². The fourth-order valence-corrected chi connectivity index (χ4v) is 4.16. The molecule has 1 aliphatic carbocycles. The number of halogens is 3. The second-order valence-electron chi connectivity index (χ2n) is 7.17. The Morgan fingerprint density at radius 3 is 2.31 bits per heavy atom. The largest absolute Gasteiger partial charge is 0.351 e. The number of carbonyl (C=O) groups is 2. The summed E-state index contributed by atoms with van der Waals surface area (Å²) in [4.78, 5) is 27.7. The van der Waals surface area contributed by atoms with Crippen LogP contribution in [0.15, 0.2) is 48.5 Å². The lowest BCUT2D eigenvalue weighted by Crippen LogP contribution is -2.47. The molecule has 0 saturated heterocycles. The maximum absolute atomic E-state index is 13.4. The van der Waals surface area contributed by atoms with Crippen LogP contribution in [0.2, 0.25) is 10.0 Å². The van der Waals surface area contributed by atoms with Crippen molar-refractivity contribution in [2.24, 2.45) is 0 Å². The summed E-state index contributed by atoms with van der Waals surface area (Å²) >= 11 is 18.1. The van der Waals surface area contributed by atoms with E-state index >= 15 is 0 Å². The van der Waals surface area contributed by atoms with E-state index in [0.717, 1.165) is 25.7 Å². The molecule has 0 heterocycles. The van der Waals surface area contributed by atoms with E-state index < -0.39 is 6.04 Å². The molecule has 2 aromatic carbocycles. The molecule has 2 aromatic rings. The van der Waals surface area contributed by atoms with Gasteiger partial charge < -0.3 is 5.32 Å². The fraction of sp³-hybridized carbons (Fsp3) is 0.364. The van der Waals surface area contributed by atoms with Crippen molar-refractivity contribution < 1.29 is 9.59 Å². The van der Waals surface area contributed by atoms with Gasteiger partial charge in [0.25, 0.3) is 0 Å². The normalized spacial score (nSPS) is 15.6. The smallest absolute Gasteiger partial charge is 0.248 e. The van der Waals surface area contributed by atoms with Crippen LogP contribution in [0.25, 0.3) is 0 Å². The summed E-state index contributed by atoms with van der Waals surface area (Å²) in [5, 5.41) is 4.16. The molecule has 1 N–H and O–H groups in total. The molecular weight excluding hydrogens is 431 g/mol. The molecule has 154 valence electrons. The van der Waals surface area contributed by atoms with Crippen molar-refractivity contribution >= 4 is 52.3 Å². The van der Waals surface area contributed by atoms with E-state index in [1.165, 1.54) is 11.3 Å². The highest BCUT2D eigenvalue weighted by molar-refractivity contribution is 6.32. The predicted octanol–water partition coefficient (Wildman–Crippen LogP) is 5.76. The minimum atomic E-state index is -0.876. The third-order valence-corrected chi connectivity index (χ3v) is 5.83. The van der Waals surface area contributed by atoms with Gasteiger partial charge >= 0.3 is 0 Å². The Hall–Kier alpha value is -1.75. The Morgan fingerprint density at radius 1 is 1.00 bits per heavy atom. The number of amides is 2. The van der Waals surface area contributed by atoms with Crippen LogP contribution in [0.5, 0.6) is 0 Å².